The highest BCUT2D eigenvalue weighted by Crippen LogP contribution is 2.20. The zero-order valence-electron chi connectivity index (χ0n) is 11.6. The fraction of sp³-hybridized carbons (Fsp3) is 0.385. The van der Waals surface area contributed by atoms with Gasteiger partial charge in [0.25, 0.3) is 5.89 Å². The molecule has 110 valence electrons. The van der Waals surface area contributed by atoms with Crippen molar-refractivity contribution in [2.45, 2.75) is 32.4 Å². The van der Waals surface area contributed by atoms with Gasteiger partial charge in [-0.05, 0) is 17.9 Å². The minimum absolute atomic E-state index is 0.0737. The minimum atomic E-state index is -0.0737. The van der Waals surface area contributed by atoms with E-state index in [0.29, 0.717) is 18.3 Å². The van der Waals surface area contributed by atoms with Gasteiger partial charge in [0.05, 0.1) is 23.5 Å². The lowest BCUT2D eigenvalue weighted by Gasteiger charge is -2.04. The molecule has 0 radical (unpaired) electrons. The summed E-state index contributed by atoms with van der Waals surface area (Å²) in [6.07, 6.45) is 3.74. The molecule has 2 N–H and O–H groups in total. The van der Waals surface area contributed by atoms with Crippen LogP contribution in [-0.4, -0.2) is 25.1 Å². The van der Waals surface area contributed by atoms with Gasteiger partial charge < -0.3 is 10.3 Å². The van der Waals surface area contributed by atoms with Crippen LogP contribution in [0.1, 0.15) is 37.3 Å². The molecule has 21 heavy (non-hydrogen) atoms. The Morgan fingerprint density at radius 1 is 1.48 bits per heavy atom. The van der Waals surface area contributed by atoms with E-state index < -0.39 is 0 Å². The average Bonchev–Trinajstić information content (AvgIpc) is 3.20. The first-order chi connectivity index (χ1) is 10.3. The van der Waals surface area contributed by atoms with Gasteiger partial charge >= 0.3 is 0 Å². The average molecular weight is 304 g/mol. The number of thiophene rings is 1. The number of hydrogen-bond donors (Lipinski definition) is 1. The largest absolute Gasteiger partial charge is 0.334 e. The smallest absolute Gasteiger partial charge is 0.258 e. The highest BCUT2D eigenvalue weighted by Gasteiger charge is 2.13. The molecule has 0 spiro atoms. The molecule has 3 heterocycles. The molecule has 0 aliphatic rings. The molecule has 3 rings (SSSR count). The third-order valence-electron chi connectivity index (χ3n) is 3.08. The summed E-state index contributed by atoms with van der Waals surface area (Å²) < 4.78 is 6.91. The van der Waals surface area contributed by atoms with Crippen molar-refractivity contribution in [1.29, 1.82) is 0 Å². The predicted octanol–water partition coefficient (Wildman–Crippen LogP) is 2.24. The van der Waals surface area contributed by atoms with E-state index in [1.165, 1.54) is 0 Å². The Hall–Kier alpha value is -2.06. The molecule has 8 heteroatoms. The number of aromatic nitrogens is 5. The van der Waals surface area contributed by atoms with Crippen LogP contribution in [0, 0.1) is 0 Å². The van der Waals surface area contributed by atoms with Gasteiger partial charge in [-0.15, -0.1) is 5.10 Å². The first kappa shape index (κ1) is 13.9. The molecular formula is C13H16N6OS. The quantitative estimate of drug-likeness (QED) is 0.750. The summed E-state index contributed by atoms with van der Waals surface area (Å²) in [4.78, 5) is 4.35. The van der Waals surface area contributed by atoms with E-state index in [0.717, 1.165) is 24.1 Å². The second-order valence-corrected chi connectivity index (χ2v) is 5.54. The van der Waals surface area contributed by atoms with Crippen LogP contribution < -0.4 is 5.73 Å². The van der Waals surface area contributed by atoms with E-state index in [4.69, 9.17) is 10.3 Å². The van der Waals surface area contributed by atoms with Crippen LogP contribution in [0.15, 0.2) is 27.5 Å². The van der Waals surface area contributed by atoms with Gasteiger partial charge in [0.1, 0.15) is 6.54 Å². The maximum Gasteiger partial charge on any atom is 0.258 e. The summed E-state index contributed by atoms with van der Waals surface area (Å²) >= 11 is 1.59. The van der Waals surface area contributed by atoms with E-state index in [1.807, 2.05) is 23.0 Å². The molecule has 7 nitrogen and oxygen atoms in total. The summed E-state index contributed by atoms with van der Waals surface area (Å²) in [6.45, 7) is 2.51. The van der Waals surface area contributed by atoms with Gasteiger partial charge in [0.15, 0.2) is 5.82 Å². The van der Waals surface area contributed by atoms with Crippen LogP contribution in [0.5, 0.6) is 0 Å². The topological polar surface area (TPSA) is 95.7 Å². The van der Waals surface area contributed by atoms with Crippen molar-refractivity contribution in [2.75, 3.05) is 0 Å². The van der Waals surface area contributed by atoms with Crippen molar-refractivity contribution in [2.24, 2.45) is 5.73 Å². The van der Waals surface area contributed by atoms with Crippen LogP contribution in [0.2, 0.25) is 0 Å². The summed E-state index contributed by atoms with van der Waals surface area (Å²) in [5, 5.41) is 16.0. The van der Waals surface area contributed by atoms with Crippen LogP contribution in [0.4, 0.5) is 0 Å². The Labute approximate surface area is 125 Å². The normalized spacial score (nSPS) is 12.7. The number of rotatable bonds is 6. The number of hydrogen-bond acceptors (Lipinski definition) is 7. The second kappa shape index (κ2) is 6.15. The highest BCUT2D eigenvalue weighted by atomic mass is 32.1. The lowest BCUT2D eigenvalue weighted by molar-refractivity contribution is 0.418. The van der Waals surface area contributed by atoms with Crippen molar-refractivity contribution in [3.63, 3.8) is 0 Å². The maximum atomic E-state index is 6.02. The van der Waals surface area contributed by atoms with Crippen molar-refractivity contribution >= 4 is 11.3 Å². The van der Waals surface area contributed by atoms with Gasteiger partial charge in [0.2, 0.25) is 0 Å². The molecule has 0 saturated heterocycles. The third kappa shape index (κ3) is 3.17. The van der Waals surface area contributed by atoms with E-state index in [-0.39, 0.29) is 6.04 Å². The highest BCUT2D eigenvalue weighted by molar-refractivity contribution is 7.08. The van der Waals surface area contributed by atoms with Gasteiger partial charge in [0, 0.05) is 5.38 Å². The lowest BCUT2D eigenvalue weighted by atomic mass is 10.1. The molecule has 1 unspecified atom stereocenters. The van der Waals surface area contributed by atoms with Gasteiger partial charge in [-0.25, -0.2) is 4.68 Å². The molecule has 0 aliphatic heterocycles. The molecule has 1 atom stereocenters. The maximum absolute atomic E-state index is 6.02. The zero-order chi connectivity index (χ0) is 14.7. The summed E-state index contributed by atoms with van der Waals surface area (Å²) in [6, 6.07) is 1.87. The molecule has 3 aromatic rings. The Kier molecular flexibility index (Phi) is 4.07. The van der Waals surface area contributed by atoms with Crippen molar-refractivity contribution < 1.29 is 4.52 Å². The molecule has 3 aromatic heterocycles. The fourth-order valence-electron chi connectivity index (χ4n) is 1.99. The minimum Gasteiger partial charge on any atom is -0.334 e. The summed E-state index contributed by atoms with van der Waals surface area (Å²) in [7, 11) is 0. The van der Waals surface area contributed by atoms with Crippen molar-refractivity contribution in [3.05, 3.63) is 34.5 Å². The number of nitrogens with two attached hydrogens (primary N) is 1. The summed E-state index contributed by atoms with van der Waals surface area (Å²) in [5.74, 6) is 1.09. The number of nitrogens with zero attached hydrogens (tertiary/aromatic N) is 5. The Morgan fingerprint density at radius 2 is 2.38 bits per heavy atom. The zero-order valence-corrected chi connectivity index (χ0v) is 12.5. The van der Waals surface area contributed by atoms with E-state index in [9.17, 15) is 0 Å². The monoisotopic (exact) mass is 304 g/mol. The van der Waals surface area contributed by atoms with Crippen LogP contribution in [0.3, 0.4) is 0 Å². The van der Waals surface area contributed by atoms with E-state index >= 15 is 0 Å². The molecule has 0 aliphatic carbocycles. The van der Waals surface area contributed by atoms with Gasteiger partial charge in [-0.2, -0.15) is 16.3 Å². The van der Waals surface area contributed by atoms with E-state index in [1.54, 1.807) is 16.0 Å². The SMILES string of the molecule is CCCC(N)c1cn(Cc2noc(-c3ccsc3)n2)nn1. The first-order valence-corrected chi connectivity index (χ1v) is 7.71. The standard InChI is InChI=1S/C13H16N6OS/c1-2-3-10(14)11-6-19(18-16-11)7-12-15-13(20-17-12)9-4-5-21-8-9/h4-6,8,10H,2-3,7,14H2,1H3. The van der Waals surface area contributed by atoms with Crippen LogP contribution in [-0.2, 0) is 6.54 Å². The van der Waals surface area contributed by atoms with Gasteiger partial charge in [-0.3, -0.25) is 0 Å². The molecular weight excluding hydrogens is 288 g/mol. The van der Waals surface area contributed by atoms with Crippen molar-refractivity contribution in [3.8, 4) is 11.5 Å². The molecule has 0 aromatic carbocycles. The molecule has 0 saturated carbocycles. The fourth-order valence-corrected chi connectivity index (χ4v) is 2.62. The third-order valence-corrected chi connectivity index (χ3v) is 3.76. The van der Waals surface area contributed by atoms with Crippen LogP contribution in [0.25, 0.3) is 11.5 Å². The Balaban J connectivity index is 1.70. The summed E-state index contributed by atoms with van der Waals surface area (Å²) in [5.41, 5.74) is 7.74. The lowest BCUT2D eigenvalue weighted by Crippen LogP contribution is -2.10. The van der Waals surface area contributed by atoms with Crippen LogP contribution >= 0.6 is 11.3 Å². The second-order valence-electron chi connectivity index (χ2n) is 4.76. The molecule has 0 amide bonds. The van der Waals surface area contributed by atoms with E-state index in [2.05, 4.69) is 27.4 Å². The first-order valence-electron chi connectivity index (χ1n) is 6.77. The van der Waals surface area contributed by atoms with Crippen molar-refractivity contribution in [1.82, 2.24) is 25.1 Å². The van der Waals surface area contributed by atoms with Gasteiger partial charge in [-0.1, -0.05) is 23.7 Å². The molecule has 0 bridgehead atoms. The predicted molar refractivity (Wildman–Crippen MR) is 78.6 cm³/mol. The molecule has 0 fully saturated rings. The Morgan fingerprint density at radius 3 is 3.14 bits per heavy atom. The Bertz CT molecular complexity index is 689.